The lowest BCUT2D eigenvalue weighted by atomic mass is 10.2. The summed E-state index contributed by atoms with van der Waals surface area (Å²) in [4.78, 5) is 0. The van der Waals surface area contributed by atoms with Crippen LogP contribution in [0, 0.1) is 0 Å². The van der Waals surface area contributed by atoms with E-state index in [9.17, 15) is 0 Å². The molecule has 0 bridgehead atoms. The number of aromatic nitrogens is 3. The molecular formula is C14H27N5. The van der Waals surface area contributed by atoms with E-state index in [0.717, 1.165) is 37.6 Å². The fourth-order valence-corrected chi connectivity index (χ4v) is 2.47. The number of hydrogen-bond acceptors (Lipinski definition) is 4. The normalized spacial score (nSPS) is 15.3. The minimum Gasteiger partial charge on any atom is -0.254 e. The van der Waals surface area contributed by atoms with E-state index in [4.69, 9.17) is 0 Å². The Bertz CT molecular complexity index is 374. The zero-order valence-electron chi connectivity index (χ0n) is 12.4. The molecule has 0 saturated heterocycles. The van der Waals surface area contributed by atoms with Crippen molar-refractivity contribution in [3.63, 3.8) is 0 Å². The summed E-state index contributed by atoms with van der Waals surface area (Å²) >= 11 is 0. The lowest BCUT2D eigenvalue weighted by molar-refractivity contribution is 0.256. The van der Waals surface area contributed by atoms with Gasteiger partial charge in [-0.2, -0.15) is 0 Å². The number of fused-ring (bicyclic) bond motifs is 1. The van der Waals surface area contributed by atoms with Crippen LogP contribution in [0.1, 0.15) is 64.0 Å². The molecule has 0 atom stereocenters. The third kappa shape index (κ3) is 3.93. The summed E-state index contributed by atoms with van der Waals surface area (Å²) in [5.74, 6) is 2.17. The van der Waals surface area contributed by atoms with E-state index in [-0.39, 0.29) is 0 Å². The van der Waals surface area contributed by atoms with E-state index in [1.54, 1.807) is 0 Å². The van der Waals surface area contributed by atoms with E-state index in [1.807, 2.05) is 0 Å². The topological polar surface area (TPSA) is 46.0 Å². The van der Waals surface area contributed by atoms with Gasteiger partial charge in [0.1, 0.15) is 0 Å². The molecule has 0 fully saturated rings. The number of rotatable bonds is 8. The van der Waals surface area contributed by atoms with Crippen LogP contribution >= 0.6 is 0 Å². The van der Waals surface area contributed by atoms with Crippen molar-refractivity contribution in [3.05, 3.63) is 11.6 Å². The predicted molar refractivity (Wildman–Crippen MR) is 77.4 cm³/mol. The first kappa shape index (κ1) is 14.3. The van der Waals surface area contributed by atoms with Crippen LogP contribution in [0.25, 0.3) is 0 Å². The molecule has 1 aliphatic rings. The highest BCUT2D eigenvalue weighted by Crippen LogP contribution is 2.11. The molecule has 2 heterocycles. The van der Waals surface area contributed by atoms with Gasteiger partial charge in [0, 0.05) is 25.9 Å². The lowest BCUT2D eigenvalue weighted by Gasteiger charge is -2.29. The molecule has 1 N–H and O–H groups in total. The van der Waals surface area contributed by atoms with Crippen molar-refractivity contribution in [1.29, 1.82) is 0 Å². The fourth-order valence-electron chi connectivity index (χ4n) is 2.47. The number of hydrogen-bond donors (Lipinski definition) is 1. The minimum atomic E-state index is 1.000. The van der Waals surface area contributed by atoms with Gasteiger partial charge in [-0.3, -0.25) is 5.53 Å². The maximum atomic E-state index is 4.32. The smallest absolute Gasteiger partial charge is 0.154 e. The summed E-state index contributed by atoms with van der Waals surface area (Å²) in [7, 11) is 0. The Morgan fingerprint density at radius 1 is 1.05 bits per heavy atom. The molecule has 5 heteroatoms. The van der Waals surface area contributed by atoms with Gasteiger partial charge in [-0.05, 0) is 12.8 Å². The first-order chi connectivity index (χ1) is 9.35. The van der Waals surface area contributed by atoms with Gasteiger partial charge in [-0.25, -0.2) is 9.69 Å². The fraction of sp³-hybridized carbons (Fsp3) is 0.857. The van der Waals surface area contributed by atoms with Gasteiger partial charge in [0.25, 0.3) is 0 Å². The monoisotopic (exact) mass is 265 g/mol. The number of hydrazine groups is 1. The molecule has 0 radical (unpaired) electrons. The first-order valence-corrected chi connectivity index (χ1v) is 7.80. The second-order valence-electron chi connectivity index (χ2n) is 5.37. The Balaban J connectivity index is 1.88. The van der Waals surface area contributed by atoms with Crippen molar-refractivity contribution in [3.8, 4) is 0 Å². The highest BCUT2D eigenvalue weighted by atomic mass is 15.7. The van der Waals surface area contributed by atoms with Gasteiger partial charge in [-0.1, -0.05) is 39.5 Å². The molecule has 2 rings (SSSR count). The largest absolute Gasteiger partial charge is 0.254 e. The predicted octanol–water partition coefficient (Wildman–Crippen LogP) is 2.52. The molecule has 0 spiro atoms. The summed E-state index contributed by atoms with van der Waals surface area (Å²) in [6.07, 6.45) is 9.57. The van der Waals surface area contributed by atoms with Gasteiger partial charge < -0.3 is 0 Å². The van der Waals surface area contributed by atoms with Gasteiger partial charge in [0.2, 0.25) is 0 Å². The third-order valence-electron chi connectivity index (χ3n) is 3.68. The van der Waals surface area contributed by atoms with Crippen LogP contribution in [0.2, 0.25) is 0 Å². The quantitative estimate of drug-likeness (QED) is 0.734. The average Bonchev–Trinajstić information content (AvgIpc) is 2.82. The number of aryl methyl sites for hydroxylation is 1. The maximum Gasteiger partial charge on any atom is 0.154 e. The third-order valence-corrected chi connectivity index (χ3v) is 3.68. The number of unbranched alkanes of at least 4 members (excludes halogenated alkanes) is 4. The van der Waals surface area contributed by atoms with Crippen LogP contribution in [0.5, 0.6) is 0 Å². The van der Waals surface area contributed by atoms with Crippen LogP contribution in [0.3, 0.4) is 0 Å². The maximum absolute atomic E-state index is 4.32. The SMILES string of the molecule is CCCCCc1nnc2n1NN(CCCCC)CC2. The Labute approximate surface area is 116 Å². The standard InChI is InChI=1S/C14H27N5/c1-3-5-7-9-13-15-16-14-10-12-18(17-19(13)14)11-8-6-4-2/h17H,3-12H2,1-2H3. The molecule has 1 aromatic heterocycles. The van der Waals surface area contributed by atoms with Crippen molar-refractivity contribution >= 4 is 0 Å². The molecule has 0 unspecified atom stereocenters. The lowest BCUT2D eigenvalue weighted by Crippen LogP contribution is -2.44. The molecule has 0 aromatic carbocycles. The van der Waals surface area contributed by atoms with Crippen molar-refractivity contribution < 1.29 is 0 Å². The van der Waals surface area contributed by atoms with Crippen LogP contribution in [0.15, 0.2) is 0 Å². The molecule has 108 valence electrons. The molecular weight excluding hydrogens is 238 g/mol. The molecule has 1 aliphatic heterocycles. The van der Waals surface area contributed by atoms with Crippen molar-refractivity contribution in [2.45, 2.75) is 65.2 Å². The Morgan fingerprint density at radius 2 is 1.84 bits per heavy atom. The summed E-state index contributed by atoms with van der Waals surface area (Å²) < 4.78 is 2.10. The highest BCUT2D eigenvalue weighted by molar-refractivity contribution is 5.02. The number of nitrogens with one attached hydrogen (secondary N) is 1. The summed E-state index contributed by atoms with van der Waals surface area (Å²) in [5.41, 5.74) is 3.46. The average molecular weight is 265 g/mol. The first-order valence-electron chi connectivity index (χ1n) is 7.80. The van der Waals surface area contributed by atoms with Crippen LogP contribution < -0.4 is 5.53 Å². The summed E-state index contributed by atoms with van der Waals surface area (Å²) in [6, 6.07) is 0. The number of nitrogens with zero attached hydrogens (tertiary/aromatic N) is 4. The van der Waals surface area contributed by atoms with E-state index < -0.39 is 0 Å². The van der Waals surface area contributed by atoms with E-state index in [2.05, 4.69) is 39.3 Å². The summed E-state index contributed by atoms with van der Waals surface area (Å²) in [6.45, 7) is 6.62. The second-order valence-corrected chi connectivity index (χ2v) is 5.37. The Morgan fingerprint density at radius 3 is 2.63 bits per heavy atom. The second kappa shape index (κ2) is 7.48. The van der Waals surface area contributed by atoms with Crippen molar-refractivity contribution in [2.24, 2.45) is 0 Å². The molecule has 0 aliphatic carbocycles. The zero-order chi connectivity index (χ0) is 13.5. The van der Waals surface area contributed by atoms with Crippen LogP contribution in [-0.4, -0.2) is 33.0 Å². The van der Waals surface area contributed by atoms with E-state index in [1.165, 1.54) is 38.5 Å². The van der Waals surface area contributed by atoms with E-state index in [0.29, 0.717) is 0 Å². The van der Waals surface area contributed by atoms with Crippen LogP contribution in [-0.2, 0) is 12.8 Å². The van der Waals surface area contributed by atoms with Crippen LogP contribution in [0.4, 0.5) is 0 Å². The Hall–Kier alpha value is -1.10. The van der Waals surface area contributed by atoms with Gasteiger partial charge >= 0.3 is 0 Å². The van der Waals surface area contributed by atoms with E-state index >= 15 is 0 Å². The molecule has 0 saturated carbocycles. The Kier molecular flexibility index (Phi) is 5.63. The molecule has 19 heavy (non-hydrogen) atoms. The van der Waals surface area contributed by atoms with Gasteiger partial charge in [0.15, 0.2) is 11.6 Å². The minimum absolute atomic E-state index is 1.000. The highest BCUT2D eigenvalue weighted by Gasteiger charge is 2.19. The molecule has 0 amide bonds. The molecule has 1 aromatic rings. The van der Waals surface area contributed by atoms with Gasteiger partial charge in [0.05, 0.1) is 0 Å². The van der Waals surface area contributed by atoms with Crippen molar-refractivity contribution in [2.75, 3.05) is 18.6 Å². The molecule has 5 nitrogen and oxygen atoms in total. The van der Waals surface area contributed by atoms with Crippen molar-refractivity contribution in [1.82, 2.24) is 19.9 Å². The zero-order valence-corrected chi connectivity index (χ0v) is 12.4. The van der Waals surface area contributed by atoms with Gasteiger partial charge in [-0.15, -0.1) is 10.2 Å². The summed E-state index contributed by atoms with van der Waals surface area (Å²) in [5, 5.41) is 10.9.